The zero-order valence-corrected chi connectivity index (χ0v) is 11.8. The molecule has 0 saturated carbocycles. The molecule has 0 spiro atoms. The van der Waals surface area contributed by atoms with E-state index in [1.807, 2.05) is 6.08 Å². The lowest BCUT2D eigenvalue weighted by Gasteiger charge is -2.16. The van der Waals surface area contributed by atoms with Gasteiger partial charge in [-0.2, -0.15) is 4.68 Å². The zero-order chi connectivity index (χ0) is 14.5. The van der Waals surface area contributed by atoms with E-state index in [9.17, 15) is 4.39 Å². The predicted octanol–water partition coefficient (Wildman–Crippen LogP) is 2.65. The van der Waals surface area contributed by atoms with Gasteiger partial charge in [-0.15, -0.1) is 5.10 Å². The van der Waals surface area contributed by atoms with Crippen LogP contribution in [0, 0.1) is 5.82 Å². The topological polar surface area (TPSA) is 46.8 Å². The van der Waals surface area contributed by atoms with Crippen LogP contribution < -0.4 is 0 Å². The molecule has 1 aromatic heterocycles. The van der Waals surface area contributed by atoms with Crippen molar-refractivity contribution in [2.45, 2.75) is 25.7 Å². The molecule has 1 aromatic carbocycles. The van der Waals surface area contributed by atoms with Crippen molar-refractivity contribution in [2.24, 2.45) is 0 Å². The lowest BCUT2D eigenvalue weighted by Crippen LogP contribution is -2.17. The molecule has 0 amide bonds. The molecule has 0 radical (unpaired) electrons. The molecule has 0 N–H and O–H groups in total. The maximum absolute atomic E-state index is 13.0. The summed E-state index contributed by atoms with van der Waals surface area (Å²) >= 11 is 0. The third-order valence-corrected chi connectivity index (χ3v) is 3.64. The van der Waals surface area contributed by atoms with E-state index in [4.69, 9.17) is 0 Å². The van der Waals surface area contributed by atoms with Crippen molar-refractivity contribution in [3.8, 4) is 5.69 Å². The molecular formula is C15H18FN5. The highest BCUT2D eigenvalue weighted by Gasteiger charge is 2.08. The standard InChI is InChI=1S/C15H18FN5/c16-13-5-7-14(8-6-13)21-15(17-18-19-21)9-12-20-10-3-1-2-4-11-20/h5-9,12H,1-4,10-11H2. The first kappa shape index (κ1) is 13.7. The number of aromatic nitrogens is 4. The highest BCUT2D eigenvalue weighted by atomic mass is 19.1. The first-order valence-electron chi connectivity index (χ1n) is 7.29. The van der Waals surface area contributed by atoms with Crippen molar-refractivity contribution in [1.82, 2.24) is 25.1 Å². The van der Waals surface area contributed by atoms with Crippen molar-refractivity contribution in [3.05, 3.63) is 42.1 Å². The minimum absolute atomic E-state index is 0.270. The average Bonchev–Trinajstić information content (AvgIpc) is 2.81. The summed E-state index contributed by atoms with van der Waals surface area (Å²) in [6, 6.07) is 6.13. The molecule has 0 unspecified atom stereocenters. The normalized spacial score (nSPS) is 16.3. The van der Waals surface area contributed by atoms with Crippen LogP contribution in [0.1, 0.15) is 31.5 Å². The van der Waals surface area contributed by atoms with Gasteiger partial charge in [0, 0.05) is 25.4 Å². The summed E-state index contributed by atoms with van der Waals surface area (Å²) in [6.45, 7) is 2.16. The number of benzene rings is 1. The van der Waals surface area contributed by atoms with Crippen molar-refractivity contribution < 1.29 is 4.39 Å². The van der Waals surface area contributed by atoms with Gasteiger partial charge in [0.25, 0.3) is 0 Å². The van der Waals surface area contributed by atoms with Gasteiger partial charge in [0.15, 0.2) is 5.82 Å². The van der Waals surface area contributed by atoms with Gasteiger partial charge in [-0.25, -0.2) is 4.39 Å². The Bertz CT molecular complexity index is 597. The highest BCUT2D eigenvalue weighted by molar-refractivity contribution is 5.44. The average molecular weight is 287 g/mol. The summed E-state index contributed by atoms with van der Waals surface area (Å²) in [5, 5.41) is 11.7. The monoisotopic (exact) mass is 287 g/mol. The van der Waals surface area contributed by atoms with E-state index in [0.717, 1.165) is 18.8 Å². The first-order chi connectivity index (χ1) is 10.3. The van der Waals surface area contributed by atoms with Gasteiger partial charge in [-0.3, -0.25) is 0 Å². The Kier molecular flexibility index (Phi) is 4.23. The molecule has 6 heteroatoms. The Morgan fingerprint density at radius 2 is 1.71 bits per heavy atom. The van der Waals surface area contributed by atoms with Crippen LogP contribution in [0.5, 0.6) is 0 Å². The van der Waals surface area contributed by atoms with Crippen LogP contribution >= 0.6 is 0 Å². The minimum atomic E-state index is -0.270. The van der Waals surface area contributed by atoms with Crippen LogP contribution in [0.2, 0.25) is 0 Å². The van der Waals surface area contributed by atoms with Crippen molar-refractivity contribution >= 4 is 6.08 Å². The summed E-state index contributed by atoms with van der Waals surface area (Å²) in [5.41, 5.74) is 0.747. The van der Waals surface area contributed by atoms with Gasteiger partial charge in [0.1, 0.15) is 5.82 Å². The molecule has 2 heterocycles. The van der Waals surface area contributed by atoms with Gasteiger partial charge in [-0.05, 0) is 47.5 Å². The maximum atomic E-state index is 13.0. The molecule has 5 nitrogen and oxygen atoms in total. The smallest absolute Gasteiger partial charge is 0.181 e. The predicted molar refractivity (Wildman–Crippen MR) is 78.2 cm³/mol. The SMILES string of the molecule is Fc1ccc(-n2nnnc2C=CN2CCCCCC2)cc1. The number of hydrogen-bond acceptors (Lipinski definition) is 4. The van der Waals surface area contributed by atoms with Gasteiger partial charge in [-0.1, -0.05) is 12.8 Å². The number of rotatable bonds is 3. The number of tetrazole rings is 1. The highest BCUT2D eigenvalue weighted by Crippen LogP contribution is 2.13. The first-order valence-corrected chi connectivity index (χ1v) is 7.29. The van der Waals surface area contributed by atoms with E-state index in [1.165, 1.54) is 37.8 Å². The molecule has 0 bridgehead atoms. The number of hydrogen-bond donors (Lipinski definition) is 0. The molecule has 1 aliphatic heterocycles. The lowest BCUT2D eigenvalue weighted by atomic mass is 10.2. The number of nitrogens with zero attached hydrogens (tertiary/aromatic N) is 5. The maximum Gasteiger partial charge on any atom is 0.181 e. The van der Waals surface area contributed by atoms with Crippen LogP contribution in [0.4, 0.5) is 4.39 Å². The molecule has 3 rings (SSSR count). The summed E-state index contributed by atoms with van der Waals surface area (Å²) in [4.78, 5) is 2.30. The van der Waals surface area contributed by atoms with E-state index in [1.54, 1.807) is 16.8 Å². The fourth-order valence-corrected chi connectivity index (χ4v) is 2.48. The second-order valence-corrected chi connectivity index (χ2v) is 5.19. The van der Waals surface area contributed by atoms with E-state index >= 15 is 0 Å². The van der Waals surface area contributed by atoms with E-state index in [-0.39, 0.29) is 5.82 Å². The van der Waals surface area contributed by atoms with Crippen LogP contribution in [-0.2, 0) is 0 Å². The van der Waals surface area contributed by atoms with Gasteiger partial charge < -0.3 is 4.90 Å². The van der Waals surface area contributed by atoms with E-state index in [2.05, 4.69) is 26.6 Å². The van der Waals surface area contributed by atoms with Crippen molar-refractivity contribution in [3.63, 3.8) is 0 Å². The lowest BCUT2D eigenvalue weighted by molar-refractivity contribution is 0.394. The minimum Gasteiger partial charge on any atom is -0.377 e. The van der Waals surface area contributed by atoms with E-state index < -0.39 is 0 Å². The van der Waals surface area contributed by atoms with Crippen molar-refractivity contribution in [1.29, 1.82) is 0 Å². The third kappa shape index (κ3) is 3.45. The van der Waals surface area contributed by atoms with Crippen LogP contribution in [0.25, 0.3) is 11.8 Å². The Morgan fingerprint density at radius 1 is 1.00 bits per heavy atom. The molecule has 1 saturated heterocycles. The summed E-state index contributed by atoms with van der Waals surface area (Å²) in [6.07, 6.45) is 9.03. The van der Waals surface area contributed by atoms with Crippen LogP contribution in [0.3, 0.4) is 0 Å². The summed E-state index contributed by atoms with van der Waals surface area (Å²) in [5.74, 6) is 0.374. The molecule has 21 heavy (non-hydrogen) atoms. The number of halogens is 1. The van der Waals surface area contributed by atoms with Crippen molar-refractivity contribution in [2.75, 3.05) is 13.1 Å². The molecular weight excluding hydrogens is 269 g/mol. The second kappa shape index (κ2) is 6.47. The Hall–Kier alpha value is -2.24. The Balaban J connectivity index is 1.77. The number of likely N-dealkylation sites (tertiary alicyclic amines) is 1. The molecule has 1 aliphatic rings. The van der Waals surface area contributed by atoms with E-state index in [0.29, 0.717) is 5.82 Å². The Morgan fingerprint density at radius 3 is 2.43 bits per heavy atom. The largest absolute Gasteiger partial charge is 0.377 e. The molecule has 0 aliphatic carbocycles. The second-order valence-electron chi connectivity index (χ2n) is 5.19. The fraction of sp³-hybridized carbons (Fsp3) is 0.400. The summed E-state index contributed by atoms with van der Waals surface area (Å²) < 4.78 is 14.6. The van der Waals surface area contributed by atoms with Gasteiger partial charge >= 0.3 is 0 Å². The molecule has 110 valence electrons. The van der Waals surface area contributed by atoms with Crippen LogP contribution in [-0.4, -0.2) is 38.2 Å². The molecule has 0 atom stereocenters. The molecule has 2 aromatic rings. The fourth-order valence-electron chi connectivity index (χ4n) is 2.48. The quantitative estimate of drug-likeness (QED) is 0.870. The summed E-state index contributed by atoms with van der Waals surface area (Å²) in [7, 11) is 0. The van der Waals surface area contributed by atoms with Gasteiger partial charge in [0.2, 0.25) is 0 Å². The third-order valence-electron chi connectivity index (χ3n) is 3.64. The van der Waals surface area contributed by atoms with Gasteiger partial charge in [0.05, 0.1) is 5.69 Å². The molecule has 1 fully saturated rings. The Labute approximate surface area is 123 Å². The zero-order valence-electron chi connectivity index (χ0n) is 11.8. The van der Waals surface area contributed by atoms with Crippen LogP contribution in [0.15, 0.2) is 30.5 Å².